The maximum Gasteiger partial charge on any atom is 0.306 e. The monoisotopic (exact) mass is 291 g/mol. The molecule has 106 valence electrons. The van der Waals surface area contributed by atoms with Crippen LogP contribution in [0.1, 0.15) is 30.2 Å². The van der Waals surface area contributed by atoms with Gasteiger partial charge in [-0.05, 0) is 60.5 Å². The van der Waals surface area contributed by atoms with E-state index in [9.17, 15) is 4.79 Å². The molecule has 20 heavy (non-hydrogen) atoms. The van der Waals surface area contributed by atoms with Crippen LogP contribution in [0.25, 0.3) is 0 Å². The maximum absolute atomic E-state index is 11.1. The van der Waals surface area contributed by atoms with Crippen LogP contribution in [0.5, 0.6) is 0 Å². The lowest BCUT2D eigenvalue weighted by atomic mass is 9.94. The van der Waals surface area contributed by atoms with E-state index in [2.05, 4.69) is 21.7 Å². The van der Waals surface area contributed by atoms with Crippen LogP contribution in [0.2, 0.25) is 0 Å². The van der Waals surface area contributed by atoms with Gasteiger partial charge in [-0.1, -0.05) is 0 Å². The molecule has 1 aliphatic heterocycles. The summed E-state index contributed by atoms with van der Waals surface area (Å²) in [6.45, 7) is 1.58. The van der Waals surface area contributed by atoms with Crippen LogP contribution < -0.4 is 0 Å². The molecule has 0 saturated carbocycles. The molecule has 2 aromatic heterocycles. The predicted molar refractivity (Wildman–Crippen MR) is 76.8 cm³/mol. The molecule has 3 heterocycles. The number of aliphatic carboxylic acids is 1. The molecule has 4 nitrogen and oxygen atoms in total. The number of nitrogens with zero attached hydrogens (tertiary/aromatic N) is 1. The Hall–Kier alpha value is -1.59. The van der Waals surface area contributed by atoms with Crippen LogP contribution in [-0.2, 0) is 4.79 Å². The number of carboxylic acids is 1. The summed E-state index contributed by atoms with van der Waals surface area (Å²) in [5.74, 6) is 0.0536. The van der Waals surface area contributed by atoms with Crippen LogP contribution in [0.4, 0.5) is 0 Å². The second kappa shape index (κ2) is 5.81. The largest absolute Gasteiger partial charge is 0.481 e. The number of hydrogen-bond acceptors (Lipinski definition) is 4. The molecular weight excluding hydrogens is 274 g/mol. The van der Waals surface area contributed by atoms with Crippen molar-refractivity contribution in [2.75, 3.05) is 13.1 Å². The first-order valence-electron chi connectivity index (χ1n) is 6.78. The van der Waals surface area contributed by atoms with Gasteiger partial charge in [-0.3, -0.25) is 9.69 Å². The van der Waals surface area contributed by atoms with Crippen molar-refractivity contribution in [2.45, 2.75) is 18.9 Å². The number of carbonyl (C=O) groups is 1. The van der Waals surface area contributed by atoms with Crippen LogP contribution >= 0.6 is 11.3 Å². The van der Waals surface area contributed by atoms with Gasteiger partial charge in [0.25, 0.3) is 0 Å². The van der Waals surface area contributed by atoms with E-state index in [1.807, 2.05) is 12.1 Å². The van der Waals surface area contributed by atoms with Crippen molar-refractivity contribution < 1.29 is 14.3 Å². The third-order valence-corrected chi connectivity index (χ3v) is 4.62. The van der Waals surface area contributed by atoms with E-state index >= 15 is 0 Å². The zero-order valence-corrected chi connectivity index (χ0v) is 11.9. The summed E-state index contributed by atoms with van der Waals surface area (Å²) in [6, 6.07) is 6.11. The van der Waals surface area contributed by atoms with Gasteiger partial charge in [-0.25, -0.2) is 0 Å². The molecule has 0 spiro atoms. The summed E-state index contributed by atoms with van der Waals surface area (Å²) in [5, 5.41) is 13.3. The summed E-state index contributed by atoms with van der Waals surface area (Å²) in [7, 11) is 0. The van der Waals surface area contributed by atoms with Gasteiger partial charge in [-0.15, -0.1) is 0 Å². The summed E-state index contributed by atoms with van der Waals surface area (Å²) in [5.41, 5.74) is 1.22. The third kappa shape index (κ3) is 2.64. The Balaban J connectivity index is 1.80. The van der Waals surface area contributed by atoms with E-state index in [1.54, 1.807) is 17.6 Å². The number of hydrogen-bond donors (Lipinski definition) is 1. The van der Waals surface area contributed by atoms with Gasteiger partial charge in [0.1, 0.15) is 5.76 Å². The minimum absolute atomic E-state index is 0.103. The van der Waals surface area contributed by atoms with Gasteiger partial charge in [0.05, 0.1) is 18.2 Å². The van der Waals surface area contributed by atoms with E-state index in [4.69, 9.17) is 9.52 Å². The minimum Gasteiger partial charge on any atom is -0.481 e. The molecule has 5 heteroatoms. The lowest BCUT2D eigenvalue weighted by Crippen LogP contribution is -2.39. The Labute approximate surface area is 121 Å². The van der Waals surface area contributed by atoms with Crippen molar-refractivity contribution in [3.05, 3.63) is 46.5 Å². The second-order valence-corrected chi connectivity index (χ2v) is 5.90. The predicted octanol–water partition coefficient (Wildman–Crippen LogP) is 3.23. The highest BCUT2D eigenvalue weighted by Crippen LogP contribution is 2.33. The fourth-order valence-corrected chi connectivity index (χ4v) is 3.52. The van der Waals surface area contributed by atoms with Crippen molar-refractivity contribution in [3.8, 4) is 0 Å². The molecule has 0 bridgehead atoms. The molecule has 1 aliphatic rings. The zero-order chi connectivity index (χ0) is 13.9. The lowest BCUT2D eigenvalue weighted by Gasteiger charge is -2.35. The van der Waals surface area contributed by atoms with Gasteiger partial charge in [0, 0.05) is 0 Å². The van der Waals surface area contributed by atoms with Crippen LogP contribution in [-0.4, -0.2) is 29.1 Å². The zero-order valence-electron chi connectivity index (χ0n) is 11.1. The highest BCUT2D eigenvalue weighted by molar-refractivity contribution is 7.08. The van der Waals surface area contributed by atoms with E-state index in [0.717, 1.165) is 18.8 Å². The smallest absolute Gasteiger partial charge is 0.306 e. The molecule has 2 aromatic rings. The SMILES string of the molecule is O=C(O)C1CCN(C(c2ccsc2)c2ccco2)CC1. The summed E-state index contributed by atoms with van der Waals surface area (Å²) >= 11 is 1.67. The number of thiophene rings is 1. The highest BCUT2D eigenvalue weighted by atomic mass is 32.1. The Kier molecular flexibility index (Phi) is 3.89. The first-order valence-corrected chi connectivity index (χ1v) is 7.72. The first-order chi connectivity index (χ1) is 9.75. The Morgan fingerprint density at radius 1 is 1.40 bits per heavy atom. The van der Waals surface area contributed by atoms with Gasteiger partial charge in [-0.2, -0.15) is 11.3 Å². The van der Waals surface area contributed by atoms with Crippen molar-refractivity contribution in [1.29, 1.82) is 0 Å². The Morgan fingerprint density at radius 3 is 2.75 bits per heavy atom. The fraction of sp³-hybridized carbons (Fsp3) is 0.400. The Bertz CT molecular complexity index is 507. The number of rotatable bonds is 4. The average Bonchev–Trinajstić information content (AvgIpc) is 3.13. The molecule has 1 fully saturated rings. The molecular formula is C15H17NO3S. The first kappa shape index (κ1) is 13.4. The Morgan fingerprint density at radius 2 is 2.20 bits per heavy atom. The van der Waals surface area contributed by atoms with Crippen LogP contribution in [0, 0.1) is 5.92 Å². The average molecular weight is 291 g/mol. The lowest BCUT2D eigenvalue weighted by molar-refractivity contribution is -0.143. The van der Waals surface area contributed by atoms with E-state index < -0.39 is 5.97 Å². The van der Waals surface area contributed by atoms with Gasteiger partial charge in [0.15, 0.2) is 0 Å². The second-order valence-electron chi connectivity index (χ2n) is 5.12. The van der Waals surface area contributed by atoms with E-state index in [1.165, 1.54) is 5.56 Å². The highest BCUT2D eigenvalue weighted by Gasteiger charge is 2.31. The molecule has 1 N–H and O–H groups in total. The molecule has 1 unspecified atom stereocenters. The normalized spacial score (nSPS) is 19.0. The molecule has 1 atom stereocenters. The van der Waals surface area contributed by atoms with Crippen LogP contribution in [0.3, 0.4) is 0 Å². The van der Waals surface area contributed by atoms with E-state index in [0.29, 0.717) is 12.8 Å². The van der Waals surface area contributed by atoms with Gasteiger partial charge >= 0.3 is 5.97 Å². The third-order valence-electron chi connectivity index (χ3n) is 3.92. The number of furan rings is 1. The number of likely N-dealkylation sites (tertiary alicyclic amines) is 1. The van der Waals surface area contributed by atoms with Crippen molar-refractivity contribution >= 4 is 17.3 Å². The molecule has 0 aliphatic carbocycles. The quantitative estimate of drug-likeness (QED) is 0.939. The number of piperidine rings is 1. The van der Waals surface area contributed by atoms with E-state index in [-0.39, 0.29) is 12.0 Å². The van der Waals surface area contributed by atoms with Gasteiger partial charge < -0.3 is 9.52 Å². The van der Waals surface area contributed by atoms with Crippen molar-refractivity contribution in [1.82, 2.24) is 4.90 Å². The van der Waals surface area contributed by atoms with Crippen molar-refractivity contribution in [2.24, 2.45) is 5.92 Å². The molecule has 0 aromatic carbocycles. The summed E-state index contributed by atoms with van der Waals surface area (Å²) in [4.78, 5) is 13.4. The molecule has 0 amide bonds. The van der Waals surface area contributed by atoms with Gasteiger partial charge in [0.2, 0.25) is 0 Å². The number of carboxylic acid groups (broad SMARTS) is 1. The molecule has 1 saturated heterocycles. The standard InChI is InChI=1S/C15H17NO3S/c17-15(18)11-3-6-16(7-4-11)14(12-5-9-20-10-12)13-2-1-8-19-13/h1-2,5,8-11,14H,3-4,6-7H2,(H,17,18). The maximum atomic E-state index is 11.1. The van der Waals surface area contributed by atoms with Crippen molar-refractivity contribution in [3.63, 3.8) is 0 Å². The molecule has 0 radical (unpaired) electrons. The minimum atomic E-state index is -0.672. The topological polar surface area (TPSA) is 53.7 Å². The van der Waals surface area contributed by atoms with Crippen LogP contribution in [0.15, 0.2) is 39.6 Å². The summed E-state index contributed by atoms with van der Waals surface area (Å²) < 4.78 is 5.59. The summed E-state index contributed by atoms with van der Waals surface area (Å²) in [6.07, 6.45) is 3.10. The fourth-order valence-electron chi connectivity index (χ4n) is 2.84. The molecule has 3 rings (SSSR count).